The molecule has 0 aliphatic heterocycles. The van der Waals surface area contributed by atoms with Crippen LogP contribution in [0.2, 0.25) is 0 Å². The number of fused-ring (bicyclic) bond motifs is 2. The van der Waals surface area contributed by atoms with E-state index >= 15 is 0 Å². The van der Waals surface area contributed by atoms with Crippen molar-refractivity contribution < 1.29 is 0 Å². The van der Waals surface area contributed by atoms with Gasteiger partial charge in [0.1, 0.15) is 12.1 Å². The van der Waals surface area contributed by atoms with E-state index in [0.717, 1.165) is 33.5 Å². The molecule has 0 aliphatic rings. The van der Waals surface area contributed by atoms with Gasteiger partial charge in [0.25, 0.3) is 0 Å². The van der Waals surface area contributed by atoms with Gasteiger partial charge in [-0.2, -0.15) is 9.61 Å². The van der Waals surface area contributed by atoms with Crippen molar-refractivity contribution >= 4 is 22.4 Å². The molecule has 0 spiro atoms. The fourth-order valence-electron chi connectivity index (χ4n) is 3.12. The lowest BCUT2D eigenvalue weighted by molar-refractivity contribution is 0.842. The van der Waals surface area contributed by atoms with Gasteiger partial charge in [-0.25, -0.2) is 9.97 Å². The average molecular weight is 353 g/mol. The zero-order valence-corrected chi connectivity index (χ0v) is 14.3. The van der Waals surface area contributed by atoms with Gasteiger partial charge >= 0.3 is 0 Å². The molecule has 0 saturated carbocycles. The van der Waals surface area contributed by atoms with Gasteiger partial charge in [0, 0.05) is 17.4 Å². The van der Waals surface area contributed by atoms with E-state index in [9.17, 15) is 0 Å². The van der Waals surface area contributed by atoms with E-state index in [2.05, 4.69) is 20.2 Å². The maximum absolute atomic E-state index is 5.98. The molecule has 130 valence electrons. The van der Waals surface area contributed by atoms with Gasteiger partial charge in [0.15, 0.2) is 11.5 Å². The Morgan fingerprint density at radius 1 is 0.889 bits per heavy atom. The summed E-state index contributed by atoms with van der Waals surface area (Å²) in [5, 5.41) is 14.1. The van der Waals surface area contributed by atoms with Crippen molar-refractivity contribution in [2.45, 2.75) is 6.42 Å². The van der Waals surface area contributed by atoms with Gasteiger partial charge in [-0.05, 0) is 29.8 Å². The number of anilines is 1. The Morgan fingerprint density at radius 2 is 1.78 bits per heavy atom. The van der Waals surface area contributed by atoms with E-state index in [0.29, 0.717) is 17.9 Å². The van der Waals surface area contributed by atoms with Crippen LogP contribution in [0.4, 0.5) is 5.82 Å². The first kappa shape index (κ1) is 15.4. The van der Waals surface area contributed by atoms with Crippen LogP contribution in [0.15, 0.2) is 67.0 Å². The SMILES string of the molecule is Nc1ncnc2ccc(Cc3nnc4ccc(-c5ccccc5)nn34)cc12. The standard InChI is InChI=1S/C20H15N7/c21-20-15-10-13(6-7-17(15)22-12-23-20)11-19-25-24-18-9-8-16(26-27(18)19)14-4-2-1-3-5-14/h1-10,12H,11H2,(H2,21,22,23). The monoisotopic (exact) mass is 353 g/mol. The Morgan fingerprint density at radius 3 is 2.67 bits per heavy atom. The fourth-order valence-corrected chi connectivity index (χ4v) is 3.12. The molecule has 0 bridgehead atoms. The molecular formula is C20H15N7. The van der Waals surface area contributed by atoms with Crippen LogP contribution in [0.25, 0.3) is 27.8 Å². The Hall–Kier alpha value is -3.87. The largest absolute Gasteiger partial charge is 0.383 e. The Bertz CT molecular complexity index is 1260. The Balaban J connectivity index is 1.56. The van der Waals surface area contributed by atoms with Crippen molar-refractivity contribution in [2.24, 2.45) is 0 Å². The van der Waals surface area contributed by atoms with Crippen LogP contribution in [0.1, 0.15) is 11.4 Å². The minimum absolute atomic E-state index is 0.470. The van der Waals surface area contributed by atoms with Crippen LogP contribution < -0.4 is 5.73 Å². The van der Waals surface area contributed by atoms with Crippen LogP contribution in [0.3, 0.4) is 0 Å². The molecule has 0 aliphatic carbocycles. The van der Waals surface area contributed by atoms with Crippen molar-refractivity contribution in [2.75, 3.05) is 5.73 Å². The smallest absolute Gasteiger partial charge is 0.177 e. The molecule has 5 rings (SSSR count). The third-order valence-electron chi connectivity index (χ3n) is 4.49. The minimum atomic E-state index is 0.470. The van der Waals surface area contributed by atoms with E-state index < -0.39 is 0 Å². The summed E-state index contributed by atoms with van der Waals surface area (Å²) in [4.78, 5) is 8.30. The van der Waals surface area contributed by atoms with Gasteiger partial charge in [0.05, 0.1) is 11.2 Å². The second-order valence-electron chi connectivity index (χ2n) is 6.26. The highest BCUT2D eigenvalue weighted by atomic mass is 15.4. The molecule has 0 amide bonds. The summed E-state index contributed by atoms with van der Waals surface area (Å²) in [6.45, 7) is 0. The zero-order chi connectivity index (χ0) is 18.2. The lowest BCUT2D eigenvalue weighted by Crippen LogP contribution is -2.02. The molecule has 0 fully saturated rings. The number of nitrogens with zero attached hydrogens (tertiary/aromatic N) is 6. The number of hydrogen-bond donors (Lipinski definition) is 1. The summed E-state index contributed by atoms with van der Waals surface area (Å²) in [6, 6.07) is 19.9. The molecule has 27 heavy (non-hydrogen) atoms. The molecule has 2 aromatic carbocycles. The second-order valence-corrected chi connectivity index (χ2v) is 6.26. The lowest BCUT2D eigenvalue weighted by Gasteiger charge is -2.05. The summed E-state index contributed by atoms with van der Waals surface area (Å²) >= 11 is 0. The predicted molar refractivity (Wildman–Crippen MR) is 103 cm³/mol. The Labute approximate surface area is 154 Å². The highest BCUT2D eigenvalue weighted by Crippen LogP contribution is 2.21. The van der Waals surface area contributed by atoms with E-state index in [4.69, 9.17) is 10.8 Å². The van der Waals surface area contributed by atoms with Crippen LogP contribution in [0, 0.1) is 0 Å². The van der Waals surface area contributed by atoms with Crippen molar-refractivity contribution in [3.05, 3.63) is 78.4 Å². The average Bonchev–Trinajstić information content (AvgIpc) is 3.11. The van der Waals surface area contributed by atoms with Crippen molar-refractivity contribution in [3.8, 4) is 11.3 Å². The van der Waals surface area contributed by atoms with Gasteiger partial charge in [-0.3, -0.25) is 0 Å². The first-order chi connectivity index (χ1) is 13.3. The summed E-state index contributed by atoms with van der Waals surface area (Å²) < 4.78 is 1.79. The molecule has 0 radical (unpaired) electrons. The van der Waals surface area contributed by atoms with Crippen LogP contribution in [-0.4, -0.2) is 29.8 Å². The highest BCUT2D eigenvalue weighted by molar-refractivity contribution is 5.88. The zero-order valence-electron chi connectivity index (χ0n) is 14.3. The Kier molecular flexibility index (Phi) is 3.50. The van der Waals surface area contributed by atoms with Gasteiger partial charge in [-0.15, -0.1) is 10.2 Å². The number of rotatable bonds is 3. The van der Waals surface area contributed by atoms with E-state index in [-0.39, 0.29) is 0 Å². The number of hydrogen-bond acceptors (Lipinski definition) is 6. The molecule has 3 heterocycles. The first-order valence-corrected chi connectivity index (χ1v) is 8.54. The van der Waals surface area contributed by atoms with Crippen molar-refractivity contribution in [3.63, 3.8) is 0 Å². The quantitative estimate of drug-likeness (QED) is 0.536. The van der Waals surface area contributed by atoms with Crippen molar-refractivity contribution in [1.82, 2.24) is 29.8 Å². The summed E-state index contributed by atoms with van der Waals surface area (Å²) in [6.07, 6.45) is 2.05. The minimum Gasteiger partial charge on any atom is -0.383 e. The third kappa shape index (κ3) is 2.75. The van der Waals surface area contributed by atoms with Gasteiger partial charge in [0.2, 0.25) is 0 Å². The van der Waals surface area contributed by atoms with Gasteiger partial charge < -0.3 is 5.73 Å². The molecule has 0 atom stereocenters. The summed E-state index contributed by atoms with van der Waals surface area (Å²) in [7, 11) is 0. The topological polar surface area (TPSA) is 94.9 Å². The molecule has 7 heteroatoms. The lowest BCUT2D eigenvalue weighted by atomic mass is 10.1. The van der Waals surface area contributed by atoms with E-state index in [1.807, 2.05) is 60.7 Å². The molecular weight excluding hydrogens is 338 g/mol. The second kappa shape index (κ2) is 6.14. The van der Waals surface area contributed by atoms with E-state index in [1.54, 1.807) is 4.52 Å². The number of benzene rings is 2. The van der Waals surface area contributed by atoms with Crippen LogP contribution >= 0.6 is 0 Å². The molecule has 7 nitrogen and oxygen atoms in total. The van der Waals surface area contributed by atoms with Crippen LogP contribution in [-0.2, 0) is 6.42 Å². The predicted octanol–water partition coefficient (Wildman–Crippen LogP) is 2.91. The molecule has 0 saturated heterocycles. The fraction of sp³-hybridized carbons (Fsp3) is 0.0500. The normalized spacial score (nSPS) is 11.3. The van der Waals surface area contributed by atoms with Crippen LogP contribution in [0.5, 0.6) is 0 Å². The summed E-state index contributed by atoms with van der Waals surface area (Å²) in [5.74, 6) is 1.23. The third-order valence-corrected chi connectivity index (χ3v) is 4.49. The van der Waals surface area contributed by atoms with E-state index in [1.165, 1.54) is 6.33 Å². The number of nitrogen functional groups attached to an aromatic ring is 1. The number of nitrogens with two attached hydrogens (primary N) is 1. The molecule has 5 aromatic rings. The molecule has 3 aromatic heterocycles. The molecule has 2 N–H and O–H groups in total. The van der Waals surface area contributed by atoms with Gasteiger partial charge in [-0.1, -0.05) is 36.4 Å². The summed E-state index contributed by atoms with van der Waals surface area (Å²) in [5.41, 5.74) is 10.5. The van der Waals surface area contributed by atoms with Crippen molar-refractivity contribution in [1.29, 1.82) is 0 Å². The maximum atomic E-state index is 5.98. The molecule has 0 unspecified atom stereocenters. The maximum Gasteiger partial charge on any atom is 0.177 e. The highest BCUT2D eigenvalue weighted by Gasteiger charge is 2.11. The number of aromatic nitrogens is 6. The first-order valence-electron chi connectivity index (χ1n) is 8.54.